The van der Waals surface area contributed by atoms with Crippen LogP contribution in [-0.2, 0) is 4.79 Å². The van der Waals surface area contributed by atoms with E-state index in [2.05, 4.69) is 16.6 Å². The van der Waals surface area contributed by atoms with Crippen molar-refractivity contribution >= 4 is 17.4 Å². The third-order valence-electron chi connectivity index (χ3n) is 4.49. The molecule has 0 heterocycles. The molecule has 2 unspecified atom stereocenters. The molecule has 3 N–H and O–H groups in total. The minimum absolute atomic E-state index is 0.0493. The largest absolute Gasteiger partial charge is 0.505 e. The van der Waals surface area contributed by atoms with Gasteiger partial charge < -0.3 is 20.6 Å². The first-order chi connectivity index (χ1) is 12.3. The standard InChI is InChI=1S/C20H25N3O3/c1-6-9-13(7-2)21-16-12(3)18(24)17(16)22-15-11-8-10-14(19(15)25)20(26)23(4)5/h1,8,10-13,21-22,25H,7,9H2,2-5H3. The number of hydrogen-bond acceptors (Lipinski definition) is 5. The van der Waals surface area contributed by atoms with E-state index >= 15 is 0 Å². The molecule has 6 nitrogen and oxygen atoms in total. The van der Waals surface area contributed by atoms with Crippen LogP contribution in [-0.4, -0.2) is 41.8 Å². The average Bonchev–Trinajstić information content (AvgIpc) is 2.63. The molecule has 0 bridgehead atoms. The number of phenolic OH excluding ortho intramolecular Hbond substituents is 1. The molecule has 1 aliphatic rings. The third kappa shape index (κ3) is 3.67. The Kier molecular flexibility index (Phi) is 5.93. The minimum atomic E-state index is -0.313. The molecule has 26 heavy (non-hydrogen) atoms. The molecule has 138 valence electrons. The SMILES string of the molecule is C#CCC(CC)NC1=C(Nc2cccc(C(=O)N(C)C)c2O)C(=O)C1C. The maximum absolute atomic E-state index is 12.3. The summed E-state index contributed by atoms with van der Waals surface area (Å²) in [6.07, 6.45) is 6.79. The number of carbonyl (C=O) groups excluding carboxylic acids is 2. The summed E-state index contributed by atoms with van der Waals surface area (Å²) in [7, 11) is 3.22. The number of hydrogen-bond donors (Lipinski definition) is 3. The van der Waals surface area contributed by atoms with Gasteiger partial charge in [0.15, 0.2) is 11.5 Å². The van der Waals surface area contributed by atoms with Crippen molar-refractivity contribution in [3.63, 3.8) is 0 Å². The van der Waals surface area contributed by atoms with Gasteiger partial charge in [0.1, 0.15) is 5.70 Å². The number of rotatable bonds is 7. The van der Waals surface area contributed by atoms with Crippen molar-refractivity contribution in [3.8, 4) is 18.1 Å². The van der Waals surface area contributed by atoms with Gasteiger partial charge in [-0.15, -0.1) is 12.3 Å². The zero-order valence-electron chi connectivity index (χ0n) is 15.6. The lowest BCUT2D eigenvalue weighted by atomic mass is 9.85. The lowest BCUT2D eigenvalue weighted by Crippen LogP contribution is -2.43. The zero-order valence-corrected chi connectivity index (χ0v) is 15.6. The molecular formula is C20H25N3O3. The van der Waals surface area contributed by atoms with E-state index in [1.165, 1.54) is 4.90 Å². The van der Waals surface area contributed by atoms with Gasteiger partial charge in [0.2, 0.25) is 0 Å². The fraction of sp³-hybridized carbons (Fsp3) is 0.400. The van der Waals surface area contributed by atoms with Crippen LogP contribution < -0.4 is 10.6 Å². The van der Waals surface area contributed by atoms with Crippen LogP contribution in [0.4, 0.5) is 5.69 Å². The topological polar surface area (TPSA) is 81.7 Å². The van der Waals surface area contributed by atoms with Crippen LogP contribution in [0.3, 0.4) is 0 Å². The Labute approximate surface area is 154 Å². The smallest absolute Gasteiger partial charge is 0.257 e. The van der Waals surface area contributed by atoms with Gasteiger partial charge in [-0.25, -0.2) is 0 Å². The number of phenols is 1. The highest BCUT2D eigenvalue weighted by Gasteiger charge is 2.37. The van der Waals surface area contributed by atoms with Crippen molar-refractivity contribution in [3.05, 3.63) is 35.2 Å². The fourth-order valence-corrected chi connectivity index (χ4v) is 2.80. The summed E-state index contributed by atoms with van der Waals surface area (Å²) in [5.74, 6) is 1.84. The monoisotopic (exact) mass is 355 g/mol. The average molecular weight is 355 g/mol. The first kappa shape index (κ1) is 19.4. The van der Waals surface area contributed by atoms with Gasteiger partial charge >= 0.3 is 0 Å². The summed E-state index contributed by atoms with van der Waals surface area (Å²) in [6.45, 7) is 3.85. The fourth-order valence-electron chi connectivity index (χ4n) is 2.80. The molecule has 0 saturated heterocycles. The molecule has 1 aromatic rings. The van der Waals surface area contributed by atoms with Crippen LogP contribution in [0.1, 0.15) is 37.0 Å². The summed E-state index contributed by atoms with van der Waals surface area (Å²) in [5, 5.41) is 16.7. The molecule has 0 saturated carbocycles. The van der Waals surface area contributed by atoms with Gasteiger partial charge in [-0.1, -0.05) is 13.0 Å². The van der Waals surface area contributed by atoms with Crippen molar-refractivity contribution in [1.82, 2.24) is 10.2 Å². The predicted octanol–water partition coefficient (Wildman–Crippen LogP) is 2.33. The highest BCUT2D eigenvalue weighted by molar-refractivity contribution is 6.09. The second kappa shape index (κ2) is 7.96. The quantitative estimate of drug-likeness (QED) is 0.517. The van der Waals surface area contributed by atoms with E-state index < -0.39 is 0 Å². The highest BCUT2D eigenvalue weighted by atomic mass is 16.3. The Balaban J connectivity index is 2.31. The lowest BCUT2D eigenvalue weighted by Gasteiger charge is -2.33. The van der Waals surface area contributed by atoms with Gasteiger partial charge in [0.05, 0.1) is 17.2 Å². The number of terminal acetylenes is 1. The summed E-state index contributed by atoms with van der Waals surface area (Å²) in [5.41, 5.74) is 1.67. The number of ketones is 1. The molecule has 0 fully saturated rings. The molecule has 1 aliphatic carbocycles. The van der Waals surface area contributed by atoms with Crippen molar-refractivity contribution in [2.75, 3.05) is 19.4 Å². The number of carbonyl (C=O) groups is 2. The minimum Gasteiger partial charge on any atom is -0.505 e. The van der Waals surface area contributed by atoms with E-state index in [1.807, 2.05) is 13.8 Å². The summed E-state index contributed by atoms with van der Waals surface area (Å²) >= 11 is 0. The first-order valence-electron chi connectivity index (χ1n) is 8.60. The molecule has 0 aliphatic heterocycles. The molecule has 0 radical (unpaired) electrons. The Morgan fingerprint density at radius 1 is 1.42 bits per heavy atom. The maximum Gasteiger partial charge on any atom is 0.257 e. The molecular weight excluding hydrogens is 330 g/mol. The van der Waals surface area contributed by atoms with Crippen LogP contribution in [0.2, 0.25) is 0 Å². The third-order valence-corrected chi connectivity index (χ3v) is 4.49. The van der Waals surface area contributed by atoms with Crippen LogP contribution in [0, 0.1) is 18.3 Å². The van der Waals surface area contributed by atoms with Crippen LogP contribution >= 0.6 is 0 Å². The Hall–Kier alpha value is -2.94. The molecule has 0 spiro atoms. The van der Waals surface area contributed by atoms with Crippen LogP contribution in [0.5, 0.6) is 5.75 Å². The number of allylic oxidation sites excluding steroid dienone is 2. The number of anilines is 1. The summed E-state index contributed by atoms with van der Waals surface area (Å²) in [6, 6.07) is 4.91. The van der Waals surface area contributed by atoms with E-state index in [-0.39, 0.29) is 35.0 Å². The van der Waals surface area contributed by atoms with Gasteiger partial charge in [-0.05, 0) is 25.5 Å². The van der Waals surface area contributed by atoms with Gasteiger partial charge in [0, 0.05) is 32.3 Å². The number of Topliss-reactive ketones (excluding diaryl/α,β-unsaturated/α-hetero) is 1. The lowest BCUT2D eigenvalue weighted by molar-refractivity contribution is -0.120. The molecule has 2 rings (SSSR count). The molecule has 1 aromatic carbocycles. The van der Waals surface area contributed by atoms with Crippen molar-refractivity contribution in [2.24, 2.45) is 5.92 Å². The summed E-state index contributed by atoms with van der Waals surface area (Å²) < 4.78 is 0. The second-order valence-electron chi connectivity index (χ2n) is 6.56. The number of benzene rings is 1. The van der Waals surface area contributed by atoms with E-state index in [9.17, 15) is 14.7 Å². The van der Waals surface area contributed by atoms with Crippen molar-refractivity contribution < 1.29 is 14.7 Å². The Bertz CT molecular complexity index is 790. The van der Waals surface area contributed by atoms with Crippen LogP contribution in [0.15, 0.2) is 29.6 Å². The van der Waals surface area contributed by atoms with Crippen molar-refractivity contribution in [2.45, 2.75) is 32.7 Å². The van der Waals surface area contributed by atoms with Gasteiger partial charge in [-0.3, -0.25) is 9.59 Å². The van der Waals surface area contributed by atoms with E-state index in [4.69, 9.17) is 6.42 Å². The number of nitrogens with one attached hydrogen (secondary N) is 2. The summed E-state index contributed by atoms with van der Waals surface area (Å²) in [4.78, 5) is 25.8. The normalized spacial score (nSPS) is 17.2. The molecule has 2 atom stereocenters. The first-order valence-corrected chi connectivity index (χ1v) is 8.60. The maximum atomic E-state index is 12.3. The van der Waals surface area contributed by atoms with Gasteiger partial charge in [-0.2, -0.15) is 0 Å². The van der Waals surface area contributed by atoms with E-state index in [1.54, 1.807) is 32.3 Å². The van der Waals surface area contributed by atoms with Crippen LogP contribution in [0.25, 0.3) is 0 Å². The predicted molar refractivity (Wildman–Crippen MR) is 102 cm³/mol. The number of aromatic hydroxyl groups is 1. The van der Waals surface area contributed by atoms with Gasteiger partial charge in [0.25, 0.3) is 5.91 Å². The number of amides is 1. The Morgan fingerprint density at radius 2 is 2.12 bits per heavy atom. The molecule has 0 aromatic heterocycles. The Morgan fingerprint density at radius 3 is 2.69 bits per heavy atom. The van der Waals surface area contributed by atoms with Crippen molar-refractivity contribution in [1.29, 1.82) is 0 Å². The number of nitrogens with zero attached hydrogens (tertiary/aromatic N) is 1. The van der Waals surface area contributed by atoms with E-state index in [0.717, 1.165) is 12.1 Å². The van der Waals surface area contributed by atoms with E-state index in [0.29, 0.717) is 17.8 Å². The number of para-hydroxylation sites is 1. The zero-order chi connectivity index (χ0) is 19.4. The molecule has 1 amide bonds. The molecule has 6 heteroatoms. The second-order valence-corrected chi connectivity index (χ2v) is 6.56. The highest BCUT2D eigenvalue weighted by Crippen LogP contribution is 2.35.